The highest BCUT2D eigenvalue weighted by atomic mass is 31.2. The van der Waals surface area contributed by atoms with E-state index in [-0.39, 0.29) is 0 Å². The zero-order valence-electron chi connectivity index (χ0n) is 9.90. The van der Waals surface area contributed by atoms with Crippen molar-refractivity contribution in [1.82, 2.24) is 5.32 Å². The lowest BCUT2D eigenvalue weighted by Gasteiger charge is -2.18. The summed E-state index contributed by atoms with van der Waals surface area (Å²) in [5, 5.41) is 0.739. The summed E-state index contributed by atoms with van der Waals surface area (Å²) in [7, 11) is -7.53. The van der Waals surface area contributed by atoms with E-state index in [0.717, 1.165) is 19.3 Å². The molecular weight excluding hydrogens is 282 g/mol. The molecule has 1 amide bonds. The van der Waals surface area contributed by atoms with Crippen LogP contribution < -0.4 is 11.1 Å². The molecule has 10 heteroatoms. The Morgan fingerprint density at radius 1 is 1.28 bits per heavy atom. The minimum Gasteiger partial charge on any atom is -0.356 e. The average molecular weight is 302 g/mol. The lowest BCUT2D eigenvalue weighted by atomic mass is 10.2. The number of amides is 1. The summed E-state index contributed by atoms with van der Waals surface area (Å²) >= 11 is 0. The summed E-state index contributed by atoms with van der Waals surface area (Å²) in [6.07, 6.45) is 1.82. The van der Waals surface area contributed by atoms with Crippen LogP contribution in [0.3, 0.4) is 0 Å². The molecule has 0 saturated carbocycles. The quantitative estimate of drug-likeness (QED) is 0.246. The van der Waals surface area contributed by atoms with Crippen LogP contribution in [0.5, 0.6) is 0 Å². The summed E-state index contributed by atoms with van der Waals surface area (Å²) in [4.78, 5) is 46.8. The third-order valence-electron chi connectivity index (χ3n) is 2.23. The molecular formula is C8H20N2O6P2. The van der Waals surface area contributed by atoms with Crippen LogP contribution in [0.25, 0.3) is 0 Å². The standard InChI is InChI=1S/C8H20N2O6P2/c9-4-2-1-3-5-10-7(11)6-8(17(12)13)18(14,15)16/h8,12-13H,1-6,9H2,(H,10,11)(H2,14,15,16). The van der Waals surface area contributed by atoms with E-state index in [1.807, 2.05) is 0 Å². The van der Waals surface area contributed by atoms with Crippen LogP contribution in [-0.4, -0.2) is 44.0 Å². The number of nitrogens with one attached hydrogen (secondary N) is 1. The third kappa shape index (κ3) is 8.11. The molecule has 0 aliphatic carbocycles. The molecule has 0 aromatic heterocycles. The SMILES string of the molecule is NCCCCCNC(=O)CC(P(O)O)P(=O)(O)O. The number of hydrogen-bond acceptors (Lipinski definition) is 5. The molecule has 0 rings (SSSR count). The van der Waals surface area contributed by atoms with Gasteiger partial charge in [0.2, 0.25) is 5.91 Å². The van der Waals surface area contributed by atoms with Crippen LogP contribution in [0, 0.1) is 0 Å². The maximum Gasteiger partial charge on any atom is 0.338 e. The van der Waals surface area contributed by atoms with Gasteiger partial charge in [0.1, 0.15) is 5.40 Å². The van der Waals surface area contributed by atoms with Crippen molar-refractivity contribution < 1.29 is 28.9 Å². The summed E-state index contributed by atoms with van der Waals surface area (Å²) in [5.41, 5.74) is 5.29. The number of hydrogen-bond donors (Lipinski definition) is 6. The van der Waals surface area contributed by atoms with E-state index in [2.05, 4.69) is 5.32 Å². The fourth-order valence-electron chi connectivity index (χ4n) is 1.25. The molecule has 0 aliphatic rings. The van der Waals surface area contributed by atoms with E-state index in [0.29, 0.717) is 13.1 Å². The monoisotopic (exact) mass is 302 g/mol. The summed E-state index contributed by atoms with van der Waals surface area (Å²) < 4.78 is 10.9. The molecule has 1 atom stereocenters. The second-order valence-electron chi connectivity index (χ2n) is 3.79. The molecule has 1 unspecified atom stereocenters. The van der Waals surface area contributed by atoms with Crippen molar-refractivity contribution in [2.75, 3.05) is 13.1 Å². The maximum atomic E-state index is 11.3. The highest BCUT2D eigenvalue weighted by molar-refractivity contribution is 7.68. The summed E-state index contributed by atoms with van der Waals surface area (Å²) in [6.45, 7) is 0.953. The van der Waals surface area contributed by atoms with Crippen LogP contribution >= 0.6 is 16.0 Å². The minimum absolute atomic E-state index is 0.376. The second-order valence-corrected chi connectivity index (χ2v) is 7.27. The molecule has 0 aromatic rings. The van der Waals surface area contributed by atoms with Gasteiger partial charge in [-0.25, -0.2) is 0 Å². The molecule has 18 heavy (non-hydrogen) atoms. The Morgan fingerprint density at radius 2 is 1.89 bits per heavy atom. The Balaban J connectivity index is 4.01. The lowest BCUT2D eigenvalue weighted by Crippen LogP contribution is -2.28. The van der Waals surface area contributed by atoms with E-state index in [1.54, 1.807) is 0 Å². The Kier molecular flexibility index (Phi) is 8.90. The molecule has 0 heterocycles. The van der Waals surface area contributed by atoms with Gasteiger partial charge < -0.3 is 30.6 Å². The Labute approximate surface area is 107 Å². The summed E-state index contributed by atoms with van der Waals surface area (Å²) in [6, 6.07) is 0. The fraction of sp³-hybridized carbons (Fsp3) is 0.875. The number of nitrogens with two attached hydrogens (primary N) is 1. The molecule has 0 saturated heterocycles. The maximum absolute atomic E-state index is 11.3. The van der Waals surface area contributed by atoms with Crippen molar-refractivity contribution in [1.29, 1.82) is 0 Å². The van der Waals surface area contributed by atoms with Gasteiger partial charge in [0.25, 0.3) is 0 Å². The molecule has 0 radical (unpaired) electrons. The number of carbonyl (C=O) groups is 1. The van der Waals surface area contributed by atoms with E-state index >= 15 is 0 Å². The van der Waals surface area contributed by atoms with Crippen molar-refractivity contribution in [2.24, 2.45) is 5.73 Å². The lowest BCUT2D eigenvalue weighted by molar-refractivity contribution is -0.120. The first kappa shape index (κ1) is 17.9. The third-order valence-corrected chi connectivity index (χ3v) is 5.42. The predicted octanol–water partition coefficient (Wildman–Crippen LogP) is -0.578. The molecule has 0 spiro atoms. The Bertz CT molecular complexity index is 295. The Hall–Kier alpha value is -0.0700. The molecule has 0 fully saturated rings. The van der Waals surface area contributed by atoms with Gasteiger partial charge in [0.15, 0.2) is 8.38 Å². The highest BCUT2D eigenvalue weighted by Gasteiger charge is 2.37. The number of carbonyl (C=O) groups excluding carboxylic acids is 1. The molecule has 8 nitrogen and oxygen atoms in total. The van der Waals surface area contributed by atoms with Gasteiger partial charge in [-0.1, -0.05) is 6.42 Å². The number of unbranched alkanes of at least 4 members (excludes halogenated alkanes) is 2. The first-order valence-electron chi connectivity index (χ1n) is 5.48. The van der Waals surface area contributed by atoms with Crippen molar-refractivity contribution in [2.45, 2.75) is 31.1 Å². The van der Waals surface area contributed by atoms with Crippen molar-refractivity contribution >= 4 is 21.9 Å². The van der Waals surface area contributed by atoms with Crippen LogP contribution in [0.4, 0.5) is 0 Å². The molecule has 0 aromatic carbocycles. The first-order valence-corrected chi connectivity index (χ1v) is 8.47. The topological polar surface area (TPSA) is 153 Å². The molecule has 108 valence electrons. The van der Waals surface area contributed by atoms with Gasteiger partial charge in [-0.3, -0.25) is 9.36 Å². The predicted molar refractivity (Wildman–Crippen MR) is 67.7 cm³/mol. The van der Waals surface area contributed by atoms with E-state index < -0.39 is 33.7 Å². The second kappa shape index (κ2) is 8.93. The van der Waals surface area contributed by atoms with Gasteiger partial charge >= 0.3 is 7.60 Å². The van der Waals surface area contributed by atoms with Crippen molar-refractivity contribution in [3.05, 3.63) is 0 Å². The zero-order valence-corrected chi connectivity index (χ0v) is 11.7. The van der Waals surface area contributed by atoms with Gasteiger partial charge in [0.05, 0.1) is 0 Å². The van der Waals surface area contributed by atoms with Gasteiger partial charge in [0, 0.05) is 13.0 Å². The largest absolute Gasteiger partial charge is 0.356 e. The van der Waals surface area contributed by atoms with E-state index in [4.69, 9.17) is 25.3 Å². The fourth-order valence-corrected chi connectivity index (χ4v) is 3.06. The average Bonchev–Trinajstić information content (AvgIpc) is 2.23. The minimum atomic E-state index is -4.68. The molecule has 0 aliphatic heterocycles. The van der Waals surface area contributed by atoms with Crippen LogP contribution in [0.2, 0.25) is 0 Å². The normalized spacial score (nSPS) is 13.7. The molecule has 0 bridgehead atoms. The van der Waals surface area contributed by atoms with Gasteiger partial charge in [-0.15, -0.1) is 0 Å². The highest BCUT2D eigenvalue weighted by Crippen LogP contribution is 2.56. The summed E-state index contributed by atoms with van der Waals surface area (Å²) in [5.74, 6) is -0.605. The van der Waals surface area contributed by atoms with Crippen molar-refractivity contribution in [3.63, 3.8) is 0 Å². The van der Waals surface area contributed by atoms with Gasteiger partial charge in [-0.05, 0) is 19.4 Å². The van der Waals surface area contributed by atoms with Crippen LogP contribution in [0.1, 0.15) is 25.7 Å². The van der Waals surface area contributed by atoms with E-state index in [1.165, 1.54) is 0 Å². The smallest absolute Gasteiger partial charge is 0.338 e. The zero-order chi connectivity index (χ0) is 14.2. The van der Waals surface area contributed by atoms with Crippen molar-refractivity contribution in [3.8, 4) is 0 Å². The van der Waals surface area contributed by atoms with E-state index in [9.17, 15) is 9.36 Å². The van der Waals surface area contributed by atoms with Gasteiger partial charge in [-0.2, -0.15) is 0 Å². The number of rotatable bonds is 9. The van der Waals surface area contributed by atoms with Crippen LogP contribution in [0.15, 0.2) is 0 Å². The van der Waals surface area contributed by atoms with Crippen LogP contribution in [-0.2, 0) is 9.36 Å². The molecule has 7 N–H and O–H groups in total. The first-order chi connectivity index (χ1) is 8.29. The Morgan fingerprint density at radius 3 is 2.33 bits per heavy atom.